The summed E-state index contributed by atoms with van der Waals surface area (Å²) in [7, 11) is -2.18. The van der Waals surface area contributed by atoms with Crippen molar-refractivity contribution in [3.05, 3.63) is 18.0 Å². The van der Waals surface area contributed by atoms with Crippen molar-refractivity contribution in [1.29, 1.82) is 0 Å². The van der Waals surface area contributed by atoms with Gasteiger partial charge in [0.2, 0.25) is 0 Å². The molecule has 9 heteroatoms. The summed E-state index contributed by atoms with van der Waals surface area (Å²) in [5.74, 6) is -0.762. The molecule has 0 radical (unpaired) electrons. The first kappa shape index (κ1) is 15.9. The van der Waals surface area contributed by atoms with Gasteiger partial charge in [0.05, 0.1) is 6.20 Å². The standard InChI is InChI=1S/C12H20N4O4S/c1-9-3-5-16(6-4-9)21(19,20)14-11(12(17)18)10-7-13-15(2)8-10/h7-9,11,14H,3-6H2,1-2H3,(H,17,18). The van der Waals surface area contributed by atoms with Crippen LogP contribution in [0, 0.1) is 5.92 Å². The Morgan fingerprint density at radius 3 is 2.57 bits per heavy atom. The highest BCUT2D eigenvalue weighted by Gasteiger charge is 2.32. The number of aliphatic carboxylic acids is 1. The van der Waals surface area contributed by atoms with E-state index in [9.17, 15) is 18.3 Å². The Morgan fingerprint density at radius 1 is 1.48 bits per heavy atom. The van der Waals surface area contributed by atoms with Crippen LogP contribution in [0.3, 0.4) is 0 Å². The van der Waals surface area contributed by atoms with E-state index >= 15 is 0 Å². The maximum absolute atomic E-state index is 12.3. The van der Waals surface area contributed by atoms with Gasteiger partial charge < -0.3 is 5.11 Å². The third-order valence-electron chi connectivity index (χ3n) is 3.65. The number of nitrogens with zero attached hydrogens (tertiary/aromatic N) is 3. The molecule has 1 saturated heterocycles. The second-order valence-electron chi connectivity index (χ2n) is 5.42. The molecule has 0 spiro atoms. The number of aryl methyl sites for hydroxylation is 1. The van der Waals surface area contributed by atoms with E-state index in [1.54, 1.807) is 7.05 Å². The van der Waals surface area contributed by atoms with Crippen LogP contribution < -0.4 is 4.72 Å². The molecule has 0 aliphatic carbocycles. The summed E-state index contributed by atoms with van der Waals surface area (Å²) in [5.41, 5.74) is 0.305. The zero-order valence-electron chi connectivity index (χ0n) is 12.1. The lowest BCUT2D eigenvalue weighted by Crippen LogP contribution is -2.47. The van der Waals surface area contributed by atoms with E-state index in [0.717, 1.165) is 12.8 Å². The molecular weight excluding hydrogens is 296 g/mol. The van der Waals surface area contributed by atoms with Gasteiger partial charge >= 0.3 is 5.97 Å². The van der Waals surface area contributed by atoms with E-state index in [2.05, 4.69) is 16.7 Å². The molecule has 0 amide bonds. The average Bonchev–Trinajstić information content (AvgIpc) is 2.82. The van der Waals surface area contributed by atoms with E-state index in [1.807, 2.05) is 0 Å². The molecule has 1 aromatic heterocycles. The zero-order chi connectivity index (χ0) is 15.6. The molecule has 1 aliphatic heterocycles. The Balaban J connectivity index is 2.14. The van der Waals surface area contributed by atoms with Gasteiger partial charge in [-0.05, 0) is 18.8 Å². The van der Waals surface area contributed by atoms with Crippen LogP contribution in [0.25, 0.3) is 0 Å². The summed E-state index contributed by atoms with van der Waals surface area (Å²) in [5, 5.41) is 13.1. The number of hydrogen-bond acceptors (Lipinski definition) is 4. The lowest BCUT2D eigenvalue weighted by atomic mass is 10.0. The van der Waals surface area contributed by atoms with E-state index in [4.69, 9.17) is 0 Å². The van der Waals surface area contributed by atoms with Crippen LogP contribution in [-0.4, -0.2) is 46.7 Å². The van der Waals surface area contributed by atoms with Crippen LogP contribution in [0.15, 0.2) is 12.4 Å². The third kappa shape index (κ3) is 3.80. The molecular formula is C12H20N4O4S. The number of carboxylic acid groups (broad SMARTS) is 1. The smallest absolute Gasteiger partial charge is 0.326 e. The number of carbonyl (C=O) groups is 1. The van der Waals surface area contributed by atoms with Crippen molar-refractivity contribution in [2.75, 3.05) is 13.1 Å². The quantitative estimate of drug-likeness (QED) is 0.802. The number of carboxylic acids is 1. The summed E-state index contributed by atoms with van der Waals surface area (Å²) in [6.45, 7) is 2.90. The summed E-state index contributed by atoms with van der Waals surface area (Å²) in [6.07, 6.45) is 4.40. The first-order valence-corrected chi connectivity index (χ1v) is 8.22. The van der Waals surface area contributed by atoms with Gasteiger partial charge in [-0.1, -0.05) is 6.92 Å². The van der Waals surface area contributed by atoms with Crippen molar-refractivity contribution in [3.63, 3.8) is 0 Å². The fourth-order valence-corrected chi connectivity index (χ4v) is 3.67. The molecule has 1 aliphatic rings. The Kier molecular flexibility index (Phi) is 4.64. The van der Waals surface area contributed by atoms with Gasteiger partial charge in [-0.25, -0.2) is 0 Å². The van der Waals surface area contributed by atoms with Crippen molar-refractivity contribution in [1.82, 2.24) is 18.8 Å². The minimum atomic E-state index is -3.82. The molecule has 0 bridgehead atoms. The number of rotatable bonds is 5. The Bertz CT molecular complexity index is 605. The topological polar surface area (TPSA) is 105 Å². The summed E-state index contributed by atoms with van der Waals surface area (Å²) < 4.78 is 29.6. The van der Waals surface area contributed by atoms with Gasteiger partial charge in [-0.3, -0.25) is 9.48 Å². The van der Waals surface area contributed by atoms with E-state index in [0.29, 0.717) is 24.6 Å². The minimum Gasteiger partial charge on any atom is -0.480 e. The largest absolute Gasteiger partial charge is 0.480 e. The molecule has 2 heterocycles. The van der Waals surface area contributed by atoms with Gasteiger partial charge in [0.1, 0.15) is 6.04 Å². The monoisotopic (exact) mass is 316 g/mol. The van der Waals surface area contributed by atoms with Crippen molar-refractivity contribution < 1.29 is 18.3 Å². The Labute approximate surface area is 123 Å². The van der Waals surface area contributed by atoms with Crippen molar-refractivity contribution in [2.24, 2.45) is 13.0 Å². The zero-order valence-corrected chi connectivity index (χ0v) is 12.9. The molecule has 0 aromatic carbocycles. The van der Waals surface area contributed by atoms with Crippen LogP contribution in [0.2, 0.25) is 0 Å². The normalized spacial score (nSPS) is 19.5. The van der Waals surface area contributed by atoms with E-state index in [1.165, 1.54) is 21.4 Å². The maximum atomic E-state index is 12.3. The van der Waals surface area contributed by atoms with Gasteiger partial charge in [0.15, 0.2) is 0 Å². The average molecular weight is 316 g/mol. The van der Waals surface area contributed by atoms with Crippen LogP contribution in [-0.2, 0) is 22.1 Å². The number of nitrogens with one attached hydrogen (secondary N) is 1. The first-order valence-electron chi connectivity index (χ1n) is 6.78. The minimum absolute atomic E-state index is 0.305. The predicted octanol–water partition coefficient (Wildman–Crippen LogP) is 0.112. The molecule has 1 aromatic rings. The molecule has 8 nitrogen and oxygen atoms in total. The highest BCUT2D eigenvalue weighted by molar-refractivity contribution is 7.87. The fraction of sp³-hybridized carbons (Fsp3) is 0.667. The third-order valence-corrected chi connectivity index (χ3v) is 5.23. The van der Waals surface area contributed by atoms with Crippen LogP contribution in [0.5, 0.6) is 0 Å². The Morgan fingerprint density at radius 2 is 2.10 bits per heavy atom. The van der Waals surface area contributed by atoms with Gasteiger partial charge in [-0.2, -0.15) is 22.5 Å². The van der Waals surface area contributed by atoms with Gasteiger partial charge in [0, 0.05) is 31.9 Å². The predicted molar refractivity (Wildman–Crippen MR) is 75.6 cm³/mol. The van der Waals surface area contributed by atoms with Crippen molar-refractivity contribution in [3.8, 4) is 0 Å². The second-order valence-corrected chi connectivity index (χ2v) is 7.13. The molecule has 2 N–H and O–H groups in total. The molecule has 2 rings (SSSR count). The Hall–Kier alpha value is -1.45. The lowest BCUT2D eigenvalue weighted by molar-refractivity contribution is -0.139. The van der Waals surface area contributed by atoms with Crippen molar-refractivity contribution in [2.45, 2.75) is 25.8 Å². The summed E-state index contributed by atoms with van der Waals surface area (Å²) in [4.78, 5) is 11.3. The van der Waals surface area contributed by atoms with Crippen LogP contribution >= 0.6 is 0 Å². The number of aromatic nitrogens is 2. The van der Waals surface area contributed by atoms with Gasteiger partial charge in [0.25, 0.3) is 10.2 Å². The summed E-state index contributed by atoms with van der Waals surface area (Å²) >= 11 is 0. The van der Waals surface area contributed by atoms with Crippen molar-refractivity contribution >= 4 is 16.2 Å². The molecule has 1 fully saturated rings. The molecule has 1 unspecified atom stereocenters. The highest BCUT2D eigenvalue weighted by atomic mass is 32.2. The summed E-state index contributed by atoms with van der Waals surface area (Å²) in [6, 6.07) is -1.33. The molecule has 118 valence electrons. The maximum Gasteiger partial charge on any atom is 0.326 e. The molecule has 0 saturated carbocycles. The second kappa shape index (κ2) is 6.12. The lowest BCUT2D eigenvalue weighted by Gasteiger charge is -2.30. The molecule has 1 atom stereocenters. The fourth-order valence-electron chi connectivity index (χ4n) is 2.30. The van der Waals surface area contributed by atoms with Gasteiger partial charge in [-0.15, -0.1) is 0 Å². The first-order chi connectivity index (χ1) is 9.79. The van der Waals surface area contributed by atoms with Crippen LogP contribution in [0.1, 0.15) is 31.4 Å². The molecule has 21 heavy (non-hydrogen) atoms. The number of piperidine rings is 1. The highest BCUT2D eigenvalue weighted by Crippen LogP contribution is 2.20. The SMILES string of the molecule is CC1CCN(S(=O)(=O)NC(C(=O)O)c2cnn(C)c2)CC1. The van der Waals surface area contributed by atoms with E-state index < -0.39 is 22.2 Å². The van der Waals surface area contributed by atoms with E-state index in [-0.39, 0.29) is 0 Å². The van der Waals surface area contributed by atoms with Crippen LogP contribution in [0.4, 0.5) is 0 Å². The number of hydrogen-bond donors (Lipinski definition) is 2.